The summed E-state index contributed by atoms with van der Waals surface area (Å²) < 4.78 is 5.48. The van der Waals surface area contributed by atoms with E-state index in [4.69, 9.17) is 23.4 Å². The molecule has 0 radical (unpaired) electrons. The van der Waals surface area contributed by atoms with Crippen LogP contribution in [0, 0.1) is 12.3 Å². The highest BCUT2D eigenvalue weighted by molar-refractivity contribution is 8.22. The van der Waals surface area contributed by atoms with E-state index < -0.39 is 0 Å². The number of ether oxygens (including phenoxy) is 1. The van der Waals surface area contributed by atoms with Gasteiger partial charge >= 0.3 is 0 Å². The second kappa shape index (κ2) is 5.93. The van der Waals surface area contributed by atoms with Crippen LogP contribution in [0.1, 0.15) is 6.92 Å². The highest BCUT2D eigenvalue weighted by atomic mass is 32.2. The molecule has 0 atom stereocenters. The van der Waals surface area contributed by atoms with Crippen molar-refractivity contribution in [1.82, 2.24) is 0 Å². The van der Waals surface area contributed by atoms with Gasteiger partial charge in [-0.3, -0.25) is 0 Å². The van der Waals surface area contributed by atoms with Crippen LogP contribution in [-0.2, 0) is 4.74 Å². The first-order valence-electron chi connectivity index (χ1n) is 2.54. The van der Waals surface area contributed by atoms with Crippen LogP contribution in [0.25, 0.3) is 0 Å². The minimum Gasteiger partial charge on any atom is -0.479 e. The highest BCUT2D eigenvalue weighted by Crippen LogP contribution is 2.03. The largest absolute Gasteiger partial charge is 0.479 e. The van der Waals surface area contributed by atoms with Gasteiger partial charge in [0.2, 0.25) is 4.38 Å². The number of thioether (sulfide) groups is 1. The fraction of sp³-hybridized carbons (Fsp3) is 0.500. The molecule has 3 heteroatoms. The molecule has 0 aromatic carbocycles. The molecule has 0 bridgehead atoms. The molecule has 0 aliphatic rings. The fourth-order valence-electron chi connectivity index (χ4n) is 0.260. The zero-order valence-electron chi connectivity index (χ0n) is 5.22. The summed E-state index contributed by atoms with van der Waals surface area (Å²) in [5, 5.41) is 0. The molecular formula is C6H8OS2. The van der Waals surface area contributed by atoms with Crippen molar-refractivity contribution in [3.8, 4) is 12.3 Å². The Bertz CT molecular complexity index is 126. The van der Waals surface area contributed by atoms with Gasteiger partial charge in [0.25, 0.3) is 0 Å². The van der Waals surface area contributed by atoms with Crippen molar-refractivity contribution < 1.29 is 4.74 Å². The van der Waals surface area contributed by atoms with E-state index in [1.165, 1.54) is 11.8 Å². The number of terminal acetylenes is 1. The quantitative estimate of drug-likeness (QED) is 0.449. The van der Waals surface area contributed by atoms with Crippen LogP contribution in [0.2, 0.25) is 0 Å². The van der Waals surface area contributed by atoms with Crippen LogP contribution in [0.3, 0.4) is 0 Å². The van der Waals surface area contributed by atoms with Crippen molar-refractivity contribution in [2.24, 2.45) is 0 Å². The Morgan fingerprint density at radius 2 is 2.56 bits per heavy atom. The Morgan fingerprint density at radius 1 is 1.89 bits per heavy atom. The lowest BCUT2D eigenvalue weighted by atomic mass is 10.8. The predicted molar refractivity (Wildman–Crippen MR) is 45.5 cm³/mol. The molecule has 0 spiro atoms. The normalized spacial score (nSPS) is 8.00. The fourth-order valence-corrected chi connectivity index (χ4v) is 0.957. The van der Waals surface area contributed by atoms with Crippen LogP contribution >= 0.6 is 24.0 Å². The number of hydrogen-bond donors (Lipinski definition) is 0. The molecule has 0 aromatic heterocycles. The number of thiocarbonyl (C=S) groups is 1. The van der Waals surface area contributed by atoms with Gasteiger partial charge < -0.3 is 4.74 Å². The molecule has 1 nitrogen and oxygen atoms in total. The summed E-state index contributed by atoms with van der Waals surface area (Å²) in [4.78, 5) is 0. The molecule has 0 N–H and O–H groups in total. The average Bonchev–Trinajstić information content (AvgIpc) is 1.85. The van der Waals surface area contributed by atoms with Gasteiger partial charge in [-0.2, -0.15) is 0 Å². The van der Waals surface area contributed by atoms with E-state index in [0.29, 0.717) is 16.7 Å². The minimum atomic E-state index is 0.537. The van der Waals surface area contributed by atoms with Gasteiger partial charge in [0.1, 0.15) is 0 Å². The van der Waals surface area contributed by atoms with E-state index >= 15 is 0 Å². The van der Waals surface area contributed by atoms with E-state index in [-0.39, 0.29) is 0 Å². The lowest BCUT2D eigenvalue weighted by molar-refractivity contribution is 0.346. The molecule has 0 fully saturated rings. The van der Waals surface area contributed by atoms with Crippen molar-refractivity contribution in [2.45, 2.75) is 6.92 Å². The Morgan fingerprint density at radius 3 is 3.00 bits per heavy atom. The highest BCUT2D eigenvalue weighted by Gasteiger charge is 1.92. The summed E-state index contributed by atoms with van der Waals surface area (Å²) in [6.07, 6.45) is 4.99. The van der Waals surface area contributed by atoms with Gasteiger partial charge in [-0.05, 0) is 19.1 Å². The third-order valence-corrected chi connectivity index (χ3v) is 1.67. The molecule has 0 rings (SSSR count). The molecule has 0 unspecified atom stereocenters. The van der Waals surface area contributed by atoms with Crippen LogP contribution in [0.15, 0.2) is 0 Å². The Hall–Kier alpha value is -0.200. The minimum absolute atomic E-state index is 0.537. The summed E-state index contributed by atoms with van der Waals surface area (Å²) in [5.41, 5.74) is 0. The standard InChI is InChI=1S/C6H8OS2/c1-3-5-9-6(8)7-4-2/h1H,4-5H2,2H3. The average molecular weight is 160 g/mol. The van der Waals surface area contributed by atoms with Gasteiger partial charge in [0.05, 0.1) is 12.4 Å². The third kappa shape index (κ3) is 5.67. The molecule has 50 valence electrons. The monoisotopic (exact) mass is 160 g/mol. The zero-order valence-corrected chi connectivity index (χ0v) is 6.85. The van der Waals surface area contributed by atoms with E-state index in [1.807, 2.05) is 6.92 Å². The van der Waals surface area contributed by atoms with Gasteiger partial charge in [-0.25, -0.2) is 0 Å². The summed E-state index contributed by atoms with van der Waals surface area (Å²) in [7, 11) is 0. The van der Waals surface area contributed by atoms with Crippen molar-refractivity contribution in [3.63, 3.8) is 0 Å². The molecule has 0 aliphatic heterocycles. The van der Waals surface area contributed by atoms with Crippen LogP contribution in [0.4, 0.5) is 0 Å². The van der Waals surface area contributed by atoms with Gasteiger partial charge in [-0.1, -0.05) is 17.7 Å². The first kappa shape index (κ1) is 8.80. The summed E-state index contributed by atoms with van der Waals surface area (Å²) in [6.45, 7) is 2.51. The SMILES string of the molecule is C#CCSC(=S)OCC. The summed E-state index contributed by atoms with van der Waals surface area (Å²) >= 11 is 6.14. The topological polar surface area (TPSA) is 9.23 Å². The molecular weight excluding hydrogens is 152 g/mol. The second-order valence-electron chi connectivity index (χ2n) is 1.18. The van der Waals surface area contributed by atoms with Crippen LogP contribution in [-0.4, -0.2) is 16.7 Å². The van der Waals surface area contributed by atoms with E-state index in [9.17, 15) is 0 Å². The molecule has 9 heavy (non-hydrogen) atoms. The molecule has 0 aliphatic carbocycles. The second-order valence-corrected chi connectivity index (χ2v) is 2.75. The Kier molecular flexibility index (Phi) is 5.80. The van der Waals surface area contributed by atoms with Gasteiger partial charge in [-0.15, -0.1) is 6.42 Å². The lowest BCUT2D eigenvalue weighted by Gasteiger charge is -1.99. The first-order valence-corrected chi connectivity index (χ1v) is 3.93. The third-order valence-electron chi connectivity index (χ3n) is 0.536. The van der Waals surface area contributed by atoms with Crippen molar-refractivity contribution in [1.29, 1.82) is 0 Å². The van der Waals surface area contributed by atoms with E-state index in [0.717, 1.165) is 0 Å². The van der Waals surface area contributed by atoms with Crippen molar-refractivity contribution in [2.75, 3.05) is 12.4 Å². The molecule has 0 saturated heterocycles. The van der Waals surface area contributed by atoms with Crippen LogP contribution < -0.4 is 0 Å². The summed E-state index contributed by atoms with van der Waals surface area (Å²) in [5.74, 6) is 3.05. The molecule has 0 amide bonds. The van der Waals surface area contributed by atoms with Crippen molar-refractivity contribution >= 4 is 28.4 Å². The number of hydrogen-bond acceptors (Lipinski definition) is 3. The Balaban J connectivity index is 3.19. The van der Waals surface area contributed by atoms with Crippen molar-refractivity contribution in [3.05, 3.63) is 0 Å². The van der Waals surface area contributed by atoms with E-state index in [1.54, 1.807) is 0 Å². The summed E-state index contributed by atoms with van der Waals surface area (Å²) in [6, 6.07) is 0. The molecule has 0 saturated carbocycles. The lowest BCUT2D eigenvalue weighted by Crippen LogP contribution is -1.95. The number of rotatable bonds is 2. The van der Waals surface area contributed by atoms with E-state index in [2.05, 4.69) is 5.92 Å². The Labute approximate surface area is 65.2 Å². The van der Waals surface area contributed by atoms with Gasteiger partial charge in [0, 0.05) is 0 Å². The van der Waals surface area contributed by atoms with Gasteiger partial charge in [0.15, 0.2) is 0 Å². The maximum atomic E-state index is 4.99. The zero-order chi connectivity index (χ0) is 7.11. The molecule has 0 aromatic rings. The first-order chi connectivity index (χ1) is 4.31. The maximum absolute atomic E-state index is 4.99. The molecule has 0 heterocycles. The maximum Gasteiger partial charge on any atom is 0.220 e. The predicted octanol–water partition coefficient (Wildman–Crippen LogP) is 1.67. The van der Waals surface area contributed by atoms with Crippen LogP contribution in [0.5, 0.6) is 0 Å². The smallest absolute Gasteiger partial charge is 0.220 e.